The lowest BCUT2D eigenvalue weighted by atomic mass is 9.89. The zero-order valence-corrected chi connectivity index (χ0v) is 12.3. The molecule has 0 aromatic heterocycles. The number of halogens is 1. The van der Waals surface area contributed by atoms with Crippen LogP contribution in [0.3, 0.4) is 0 Å². The average Bonchev–Trinajstić information content (AvgIpc) is 2.35. The number of methoxy groups -OCH3 is 1. The molecular formula is C14H20ClNO3. The molecule has 0 fully saturated rings. The molecule has 0 radical (unpaired) electrons. The Bertz CT molecular complexity index is 446. The Labute approximate surface area is 118 Å². The van der Waals surface area contributed by atoms with Gasteiger partial charge in [-0.1, -0.05) is 25.4 Å². The maximum Gasteiger partial charge on any atom is 0.335 e. The van der Waals surface area contributed by atoms with Crippen LogP contribution in [0.2, 0.25) is 5.02 Å². The number of carboxylic acid groups (broad SMARTS) is 1. The first kappa shape index (κ1) is 15.8. The van der Waals surface area contributed by atoms with Gasteiger partial charge in [0.15, 0.2) is 0 Å². The molecular weight excluding hydrogens is 266 g/mol. The molecule has 0 amide bonds. The summed E-state index contributed by atoms with van der Waals surface area (Å²) in [6.07, 6.45) is 0.932. The minimum absolute atomic E-state index is 0.0742. The van der Waals surface area contributed by atoms with Gasteiger partial charge in [0.25, 0.3) is 0 Å². The summed E-state index contributed by atoms with van der Waals surface area (Å²) < 4.78 is 5.08. The normalized spacial score (nSPS) is 11.4. The van der Waals surface area contributed by atoms with Crippen molar-refractivity contribution in [2.45, 2.75) is 20.3 Å². The quantitative estimate of drug-likeness (QED) is 0.805. The molecule has 0 bridgehead atoms. The van der Waals surface area contributed by atoms with Gasteiger partial charge in [0.05, 0.1) is 16.3 Å². The van der Waals surface area contributed by atoms with Crippen LogP contribution in [0.15, 0.2) is 18.2 Å². The summed E-state index contributed by atoms with van der Waals surface area (Å²) in [6, 6.07) is 4.69. The van der Waals surface area contributed by atoms with Crippen LogP contribution < -0.4 is 5.32 Å². The SMILES string of the molecule is COCCC(C)(C)CNc1ccc(C(=O)O)cc1Cl. The fraction of sp³-hybridized carbons (Fsp3) is 0.500. The largest absolute Gasteiger partial charge is 0.478 e. The van der Waals surface area contributed by atoms with Gasteiger partial charge in [-0.2, -0.15) is 0 Å². The van der Waals surface area contributed by atoms with Gasteiger partial charge in [0.1, 0.15) is 0 Å². The van der Waals surface area contributed by atoms with Gasteiger partial charge in [0.2, 0.25) is 0 Å². The highest BCUT2D eigenvalue weighted by Gasteiger charge is 2.18. The van der Waals surface area contributed by atoms with Crippen LogP contribution >= 0.6 is 11.6 Å². The third kappa shape index (κ3) is 5.09. The van der Waals surface area contributed by atoms with Gasteiger partial charge >= 0.3 is 5.97 Å². The number of carboxylic acids is 1. The van der Waals surface area contributed by atoms with Crippen molar-refractivity contribution < 1.29 is 14.6 Å². The van der Waals surface area contributed by atoms with Crippen LogP contribution in [0, 0.1) is 5.41 Å². The van der Waals surface area contributed by atoms with Crippen molar-refractivity contribution in [3.05, 3.63) is 28.8 Å². The second kappa shape index (κ2) is 6.78. The summed E-state index contributed by atoms with van der Waals surface area (Å²) in [7, 11) is 1.69. The van der Waals surface area contributed by atoms with E-state index < -0.39 is 5.97 Å². The third-order valence-corrected chi connectivity index (χ3v) is 3.27. The molecule has 5 heteroatoms. The standard InChI is InChI=1S/C14H20ClNO3/c1-14(2,6-7-19-3)9-16-12-5-4-10(13(17)18)8-11(12)15/h4-5,8,16H,6-7,9H2,1-3H3,(H,17,18). The van der Waals surface area contributed by atoms with E-state index in [2.05, 4.69) is 19.2 Å². The average molecular weight is 286 g/mol. The van der Waals surface area contributed by atoms with Crippen LogP contribution in [0.4, 0.5) is 5.69 Å². The van der Waals surface area contributed by atoms with E-state index in [0.29, 0.717) is 11.6 Å². The summed E-state index contributed by atoms with van der Waals surface area (Å²) in [4.78, 5) is 10.8. The third-order valence-electron chi connectivity index (χ3n) is 2.96. The predicted molar refractivity (Wildman–Crippen MR) is 77.2 cm³/mol. The molecule has 19 heavy (non-hydrogen) atoms. The zero-order valence-electron chi connectivity index (χ0n) is 11.5. The molecule has 0 aliphatic rings. The fourth-order valence-electron chi connectivity index (χ4n) is 1.59. The van der Waals surface area contributed by atoms with Crippen LogP contribution in [0.25, 0.3) is 0 Å². The molecule has 0 saturated carbocycles. The zero-order chi connectivity index (χ0) is 14.5. The molecule has 1 rings (SSSR count). The van der Waals surface area contributed by atoms with Crippen LogP contribution in [-0.2, 0) is 4.74 Å². The Morgan fingerprint density at radius 2 is 2.16 bits per heavy atom. The first-order valence-corrected chi connectivity index (χ1v) is 6.49. The summed E-state index contributed by atoms with van der Waals surface area (Å²) in [6.45, 7) is 5.72. The highest BCUT2D eigenvalue weighted by molar-refractivity contribution is 6.33. The molecule has 2 N–H and O–H groups in total. The number of carbonyl (C=O) groups is 1. The van der Waals surface area contributed by atoms with E-state index in [-0.39, 0.29) is 11.0 Å². The highest BCUT2D eigenvalue weighted by Crippen LogP contribution is 2.26. The van der Waals surface area contributed by atoms with Crippen molar-refractivity contribution in [2.24, 2.45) is 5.41 Å². The number of ether oxygens (including phenoxy) is 1. The van der Waals surface area contributed by atoms with Crippen molar-refractivity contribution in [2.75, 3.05) is 25.6 Å². The maximum atomic E-state index is 10.8. The summed E-state index contributed by atoms with van der Waals surface area (Å²) in [5.74, 6) is -0.978. The van der Waals surface area contributed by atoms with Crippen LogP contribution in [0.5, 0.6) is 0 Å². The molecule has 0 atom stereocenters. The maximum absolute atomic E-state index is 10.8. The number of hydrogen-bond acceptors (Lipinski definition) is 3. The number of aromatic carboxylic acids is 1. The Morgan fingerprint density at radius 3 is 2.68 bits per heavy atom. The van der Waals surface area contributed by atoms with Gasteiger partial charge < -0.3 is 15.2 Å². The second-order valence-corrected chi connectivity index (χ2v) is 5.67. The Morgan fingerprint density at radius 1 is 1.47 bits per heavy atom. The lowest BCUT2D eigenvalue weighted by molar-refractivity contribution is 0.0697. The van der Waals surface area contributed by atoms with Gasteiger partial charge in [-0.15, -0.1) is 0 Å². The summed E-state index contributed by atoms with van der Waals surface area (Å²) >= 11 is 6.06. The minimum atomic E-state index is -0.978. The van der Waals surface area contributed by atoms with Crippen LogP contribution in [0.1, 0.15) is 30.6 Å². The van der Waals surface area contributed by atoms with Crippen molar-refractivity contribution in [1.29, 1.82) is 0 Å². The summed E-state index contributed by atoms with van der Waals surface area (Å²) in [5, 5.41) is 12.5. The van der Waals surface area contributed by atoms with Crippen molar-refractivity contribution in [1.82, 2.24) is 0 Å². The van der Waals surface area contributed by atoms with Gasteiger partial charge in [-0.3, -0.25) is 0 Å². The Hall–Kier alpha value is -1.26. The number of benzene rings is 1. The molecule has 4 nitrogen and oxygen atoms in total. The van der Waals surface area contributed by atoms with E-state index >= 15 is 0 Å². The molecule has 0 aliphatic heterocycles. The molecule has 0 unspecified atom stereocenters. The van der Waals surface area contributed by atoms with E-state index in [9.17, 15) is 4.79 Å². The number of rotatable bonds is 7. The molecule has 0 aliphatic carbocycles. The second-order valence-electron chi connectivity index (χ2n) is 5.26. The van der Waals surface area contributed by atoms with Crippen molar-refractivity contribution >= 4 is 23.3 Å². The van der Waals surface area contributed by atoms with E-state index in [1.165, 1.54) is 6.07 Å². The molecule has 106 valence electrons. The van der Waals surface area contributed by atoms with Gasteiger partial charge in [-0.05, 0) is 30.0 Å². The predicted octanol–water partition coefficient (Wildman–Crippen LogP) is 3.51. The lowest BCUT2D eigenvalue weighted by Gasteiger charge is -2.25. The Kier molecular flexibility index (Phi) is 5.63. The van der Waals surface area contributed by atoms with Gasteiger partial charge in [0, 0.05) is 20.3 Å². The van der Waals surface area contributed by atoms with Crippen LogP contribution in [-0.4, -0.2) is 31.3 Å². The lowest BCUT2D eigenvalue weighted by Crippen LogP contribution is -2.24. The number of nitrogens with one attached hydrogen (secondary N) is 1. The van der Waals surface area contributed by atoms with Crippen molar-refractivity contribution in [3.8, 4) is 0 Å². The van der Waals surface area contributed by atoms with E-state index in [1.54, 1.807) is 19.2 Å². The summed E-state index contributed by atoms with van der Waals surface area (Å²) in [5.41, 5.74) is 1.01. The number of anilines is 1. The topological polar surface area (TPSA) is 58.6 Å². The Balaban J connectivity index is 2.65. The molecule has 1 aromatic carbocycles. The van der Waals surface area contributed by atoms with E-state index in [4.69, 9.17) is 21.4 Å². The van der Waals surface area contributed by atoms with Crippen molar-refractivity contribution in [3.63, 3.8) is 0 Å². The van der Waals surface area contributed by atoms with Gasteiger partial charge in [-0.25, -0.2) is 4.79 Å². The number of hydrogen-bond donors (Lipinski definition) is 2. The molecule has 1 aromatic rings. The minimum Gasteiger partial charge on any atom is -0.478 e. The molecule has 0 heterocycles. The first-order chi connectivity index (χ1) is 8.85. The van der Waals surface area contributed by atoms with E-state index in [1.807, 2.05) is 0 Å². The monoisotopic (exact) mass is 285 g/mol. The highest BCUT2D eigenvalue weighted by atomic mass is 35.5. The molecule has 0 spiro atoms. The smallest absolute Gasteiger partial charge is 0.335 e. The fourth-order valence-corrected chi connectivity index (χ4v) is 1.84. The molecule has 0 saturated heterocycles. The van der Waals surface area contributed by atoms with E-state index in [0.717, 1.165) is 18.7 Å². The first-order valence-electron chi connectivity index (χ1n) is 6.11.